The average molecular weight is 214 g/mol. The van der Waals surface area contributed by atoms with E-state index in [-0.39, 0.29) is 11.8 Å². The standard InChI is InChI=1S/C9H10O6/c10-8(11)14-6-4-1-2-5(3-4)7(6)15-9(12)13/h1-2,4-7H,3H2,(H,10,11)(H,12,13)/t4?,5?,6-,7+. The summed E-state index contributed by atoms with van der Waals surface area (Å²) in [6.07, 6.45) is 0.178. The van der Waals surface area contributed by atoms with Crippen LogP contribution in [0.25, 0.3) is 0 Å². The van der Waals surface area contributed by atoms with Gasteiger partial charge < -0.3 is 19.7 Å². The summed E-state index contributed by atoms with van der Waals surface area (Å²) in [5.74, 6) is -0.120. The molecule has 6 nitrogen and oxygen atoms in total. The smallest absolute Gasteiger partial charge is 0.450 e. The molecule has 2 aliphatic rings. The van der Waals surface area contributed by atoms with Gasteiger partial charge in [0, 0.05) is 11.8 Å². The van der Waals surface area contributed by atoms with Crippen LogP contribution < -0.4 is 0 Å². The van der Waals surface area contributed by atoms with E-state index in [0.717, 1.165) is 0 Å². The van der Waals surface area contributed by atoms with Crippen LogP contribution in [0, 0.1) is 11.8 Å². The quantitative estimate of drug-likeness (QED) is 0.531. The molecule has 2 N–H and O–H groups in total. The van der Waals surface area contributed by atoms with Crippen molar-refractivity contribution in [1.29, 1.82) is 0 Å². The Morgan fingerprint density at radius 2 is 1.40 bits per heavy atom. The second kappa shape index (κ2) is 3.45. The monoisotopic (exact) mass is 214 g/mol. The molecular weight excluding hydrogens is 204 g/mol. The lowest BCUT2D eigenvalue weighted by atomic mass is 10.0. The Bertz CT molecular complexity index is 293. The zero-order valence-corrected chi connectivity index (χ0v) is 7.70. The molecule has 0 aliphatic heterocycles. The van der Waals surface area contributed by atoms with Gasteiger partial charge in [0.15, 0.2) is 0 Å². The first-order valence-electron chi connectivity index (χ1n) is 4.55. The number of rotatable bonds is 2. The summed E-state index contributed by atoms with van der Waals surface area (Å²) in [7, 11) is 0. The Kier molecular flexibility index (Phi) is 2.26. The molecule has 2 aliphatic carbocycles. The average Bonchev–Trinajstić information content (AvgIpc) is 2.67. The van der Waals surface area contributed by atoms with Gasteiger partial charge in [-0.05, 0) is 6.42 Å². The number of carbonyl (C=O) groups is 2. The normalized spacial score (nSPS) is 36.5. The molecule has 82 valence electrons. The predicted molar refractivity (Wildman–Crippen MR) is 46.5 cm³/mol. The Balaban J connectivity index is 2.09. The Labute approximate surface area is 85.1 Å². The largest absolute Gasteiger partial charge is 0.506 e. The summed E-state index contributed by atoms with van der Waals surface area (Å²) in [6, 6.07) is 0. The molecular formula is C9H10O6. The second-order valence-corrected chi connectivity index (χ2v) is 3.65. The maximum Gasteiger partial charge on any atom is 0.506 e. The van der Waals surface area contributed by atoms with Gasteiger partial charge in [-0.25, -0.2) is 9.59 Å². The number of hydrogen-bond donors (Lipinski definition) is 2. The topological polar surface area (TPSA) is 93.1 Å². The molecule has 1 fully saturated rings. The van der Waals surface area contributed by atoms with E-state index >= 15 is 0 Å². The van der Waals surface area contributed by atoms with Crippen LogP contribution in [0.15, 0.2) is 12.2 Å². The first-order valence-corrected chi connectivity index (χ1v) is 4.55. The molecule has 0 radical (unpaired) electrons. The van der Waals surface area contributed by atoms with Crippen molar-refractivity contribution in [3.05, 3.63) is 12.2 Å². The first-order chi connectivity index (χ1) is 7.08. The van der Waals surface area contributed by atoms with Crippen LogP contribution in [0.1, 0.15) is 6.42 Å². The van der Waals surface area contributed by atoms with Crippen LogP contribution in [0.5, 0.6) is 0 Å². The molecule has 6 heteroatoms. The van der Waals surface area contributed by atoms with Gasteiger partial charge in [0.1, 0.15) is 12.2 Å². The van der Waals surface area contributed by atoms with Crippen LogP contribution in [-0.4, -0.2) is 34.7 Å². The summed E-state index contributed by atoms with van der Waals surface area (Å²) >= 11 is 0. The number of carboxylic acid groups (broad SMARTS) is 2. The van der Waals surface area contributed by atoms with Crippen molar-refractivity contribution in [1.82, 2.24) is 0 Å². The molecule has 0 amide bonds. The number of ether oxygens (including phenoxy) is 2. The lowest BCUT2D eigenvalue weighted by Gasteiger charge is -2.25. The zero-order valence-electron chi connectivity index (χ0n) is 7.70. The molecule has 2 unspecified atom stereocenters. The van der Waals surface area contributed by atoms with Crippen LogP contribution in [-0.2, 0) is 9.47 Å². The summed E-state index contributed by atoms with van der Waals surface area (Å²) in [4.78, 5) is 20.8. The van der Waals surface area contributed by atoms with Crippen LogP contribution in [0.2, 0.25) is 0 Å². The van der Waals surface area contributed by atoms with Crippen LogP contribution in [0.3, 0.4) is 0 Å². The van der Waals surface area contributed by atoms with Crippen molar-refractivity contribution in [2.75, 3.05) is 0 Å². The highest BCUT2D eigenvalue weighted by atomic mass is 16.7. The van der Waals surface area contributed by atoms with E-state index in [4.69, 9.17) is 10.2 Å². The van der Waals surface area contributed by atoms with Gasteiger partial charge >= 0.3 is 12.3 Å². The highest BCUT2D eigenvalue weighted by Crippen LogP contribution is 2.42. The Morgan fingerprint density at radius 1 is 1.00 bits per heavy atom. The maximum atomic E-state index is 10.4. The van der Waals surface area contributed by atoms with Gasteiger partial charge in [0.05, 0.1) is 0 Å². The van der Waals surface area contributed by atoms with Gasteiger partial charge in [-0.2, -0.15) is 0 Å². The van der Waals surface area contributed by atoms with E-state index in [1.165, 1.54) is 0 Å². The van der Waals surface area contributed by atoms with Gasteiger partial charge in [-0.3, -0.25) is 0 Å². The van der Waals surface area contributed by atoms with Crippen LogP contribution >= 0.6 is 0 Å². The molecule has 0 aromatic heterocycles. The van der Waals surface area contributed by atoms with Crippen molar-refractivity contribution in [2.45, 2.75) is 18.6 Å². The van der Waals surface area contributed by atoms with Crippen LogP contribution in [0.4, 0.5) is 9.59 Å². The highest BCUT2D eigenvalue weighted by Gasteiger charge is 2.49. The Hall–Kier alpha value is -1.72. The molecule has 15 heavy (non-hydrogen) atoms. The van der Waals surface area contributed by atoms with Gasteiger partial charge in [-0.15, -0.1) is 0 Å². The van der Waals surface area contributed by atoms with E-state index in [0.29, 0.717) is 6.42 Å². The maximum absolute atomic E-state index is 10.4. The molecule has 0 aromatic carbocycles. The summed E-state index contributed by atoms with van der Waals surface area (Å²) in [5.41, 5.74) is 0. The SMILES string of the molecule is O=C(O)O[C@@H]1C2C=CC(C2)[C@@H]1OC(=O)O. The minimum absolute atomic E-state index is 0.0598. The van der Waals surface area contributed by atoms with Crippen molar-refractivity contribution in [2.24, 2.45) is 11.8 Å². The molecule has 0 saturated heterocycles. The van der Waals surface area contributed by atoms with E-state index in [1.54, 1.807) is 0 Å². The van der Waals surface area contributed by atoms with E-state index in [1.807, 2.05) is 12.2 Å². The fourth-order valence-electron chi connectivity index (χ4n) is 2.27. The molecule has 0 heterocycles. The van der Waals surface area contributed by atoms with Crippen molar-refractivity contribution in [3.63, 3.8) is 0 Å². The molecule has 4 atom stereocenters. The number of hydrogen-bond acceptors (Lipinski definition) is 4. The fourth-order valence-corrected chi connectivity index (χ4v) is 2.27. The predicted octanol–water partition coefficient (Wildman–Crippen LogP) is 1.32. The summed E-state index contributed by atoms with van der Waals surface area (Å²) < 4.78 is 9.27. The molecule has 0 spiro atoms. The minimum Gasteiger partial charge on any atom is -0.450 e. The third-order valence-electron chi connectivity index (χ3n) is 2.79. The highest BCUT2D eigenvalue weighted by molar-refractivity contribution is 5.59. The van der Waals surface area contributed by atoms with Crippen molar-refractivity contribution < 1.29 is 29.3 Å². The Morgan fingerprint density at radius 3 is 1.73 bits per heavy atom. The van der Waals surface area contributed by atoms with E-state index in [2.05, 4.69) is 9.47 Å². The second-order valence-electron chi connectivity index (χ2n) is 3.65. The van der Waals surface area contributed by atoms with Gasteiger partial charge in [0.25, 0.3) is 0 Å². The van der Waals surface area contributed by atoms with Gasteiger partial charge in [-0.1, -0.05) is 12.2 Å². The summed E-state index contributed by atoms with van der Waals surface area (Å²) in [5, 5.41) is 17.0. The van der Waals surface area contributed by atoms with Crippen molar-refractivity contribution in [3.8, 4) is 0 Å². The van der Waals surface area contributed by atoms with E-state index in [9.17, 15) is 9.59 Å². The third kappa shape index (κ3) is 1.74. The molecule has 2 bridgehead atoms. The molecule has 2 rings (SSSR count). The molecule has 1 saturated carbocycles. The summed E-state index contributed by atoms with van der Waals surface area (Å²) in [6.45, 7) is 0. The molecule has 0 aromatic rings. The van der Waals surface area contributed by atoms with Crippen molar-refractivity contribution >= 4 is 12.3 Å². The third-order valence-corrected chi connectivity index (χ3v) is 2.79. The zero-order chi connectivity index (χ0) is 11.0. The van der Waals surface area contributed by atoms with E-state index < -0.39 is 24.5 Å². The first kappa shape index (κ1) is 9.82. The fraction of sp³-hybridized carbons (Fsp3) is 0.556. The lowest BCUT2D eigenvalue weighted by molar-refractivity contribution is -0.0440. The van der Waals surface area contributed by atoms with Gasteiger partial charge in [0.2, 0.25) is 0 Å². The lowest BCUT2D eigenvalue weighted by Crippen LogP contribution is -2.37. The number of fused-ring (bicyclic) bond motifs is 2. The minimum atomic E-state index is -1.40.